The van der Waals surface area contributed by atoms with Gasteiger partial charge in [-0.3, -0.25) is 4.79 Å². The molecule has 1 aromatic carbocycles. The van der Waals surface area contributed by atoms with Gasteiger partial charge in [0.1, 0.15) is 0 Å². The third-order valence-electron chi connectivity index (χ3n) is 2.86. The Balaban J connectivity index is 2.19. The highest BCUT2D eigenvalue weighted by Crippen LogP contribution is 2.31. The molecule has 1 aliphatic rings. The molecule has 0 bridgehead atoms. The van der Waals surface area contributed by atoms with Gasteiger partial charge < -0.3 is 9.47 Å². The first kappa shape index (κ1) is 13.4. The average molecular weight is 313 g/mol. The Morgan fingerprint density at radius 2 is 2.06 bits per heavy atom. The topological polar surface area (TPSA) is 35.5 Å². The molecule has 0 saturated heterocycles. The Morgan fingerprint density at radius 1 is 1.33 bits per heavy atom. The molecule has 4 heteroatoms. The van der Waals surface area contributed by atoms with Crippen LogP contribution in [-0.4, -0.2) is 23.8 Å². The highest BCUT2D eigenvalue weighted by Gasteiger charge is 2.19. The van der Waals surface area contributed by atoms with E-state index in [2.05, 4.69) is 22.9 Å². The van der Waals surface area contributed by atoms with Gasteiger partial charge in [0.25, 0.3) is 0 Å². The lowest BCUT2D eigenvalue weighted by Gasteiger charge is -2.11. The third-order valence-corrected chi connectivity index (χ3v) is 3.73. The van der Waals surface area contributed by atoms with Gasteiger partial charge in [0.15, 0.2) is 17.3 Å². The number of carbonyl (C=O) groups excluding carboxylic acids is 1. The highest BCUT2D eigenvalue weighted by molar-refractivity contribution is 9.10. The molecule has 0 N–H and O–H groups in total. The average Bonchev–Trinajstić information content (AvgIpc) is 2.62. The number of ether oxygens (including phenoxy) is 2. The number of alkyl halides is 1. The molecule has 2 rings (SSSR count). The van der Waals surface area contributed by atoms with Gasteiger partial charge in [-0.1, -0.05) is 29.3 Å². The Labute approximate surface area is 116 Å². The summed E-state index contributed by atoms with van der Waals surface area (Å²) in [7, 11) is 0. The first-order chi connectivity index (χ1) is 8.72. The normalized spacial score (nSPS) is 15.9. The van der Waals surface area contributed by atoms with E-state index in [1.165, 1.54) is 0 Å². The van der Waals surface area contributed by atoms with Gasteiger partial charge in [-0.15, -0.1) is 0 Å². The van der Waals surface area contributed by atoms with Crippen molar-refractivity contribution >= 4 is 21.7 Å². The lowest BCUT2D eigenvalue weighted by molar-refractivity contribution is 0.0988. The zero-order chi connectivity index (χ0) is 13.0. The number of hydrogen-bond donors (Lipinski definition) is 0. The fourth-order valence-corrected chi connectivity index (χ4v) is 2.60. The molecule has 0 aliphatic carbocycles. The van der Waals surface area contributed by atoms with Crippen molar-refractivity contribution in [1.29, 1.82) is 0 Å². The summed E-state index contributed by atoms with van der Waals surface area (Å²) in [4.78, 5) is 12.0. The maximum absolute atomic E-state index is 12.2. The van der Waals surface area contributed by atoms with Crippen LogP contribution < -0.4 is 9.47 Å². The minimum absolute atomic E-state index is 0.104. The van der Waals surface area contributed by atoms with E-state index in [0.717, 1.165) is 25.0 Å². The molecule has 1 unspecified atom stereocenters. The summed E-state index contributed by atoms with van der Waals surface area (Å²) < 4.78 is 11.1. The molecule has 98 valence electrons. The van der Waals surface area contributed by atoms with E-state index < -0.39 is 0 Å². The minimum atomic E-state index is -0.118. The van der Waals surface area contributed by atoms with Crippen LogP contribution in [0.15, 0.2) is 18.2 Å². The Morgan fingerprint density at radius 3 is 2.78 bits per heavy atom. The first-order valence-electron chi connectivity index (χ1n) is 6.30. The molecular weight excluding hydrogens is 296 g/mol. The largest absolute Gasteiger partial charge is 0.490 e. The van der Waals surface area contributed by atoms with Crippen molar-refractivity contribution in [1.82, 2.24) is 0 Å². The highest BCUT2D eigenvalue weighted by atomic mass is 79.9. The van der Waals surface area contributed by atoms with Crippen molar-refractivity contribution in [3.63, 3.8) is 0 Å². The van der Waals surface area contributed by atoms with Crippen molar-refractivity contribution in [2.24, 2.45) is 0 Å². The molecule has 1 aliphatic heterocycles. The molecule has 0 fully saturated rings. The summed E-state index contributed by atoms with van der Waals surface area (Å²) >= 11 is 3.43. The van der Waals surface area contributed by atoms with Crippen molar-refractivity contribution in [3.05, 3.63) is 23.8 Å². The standard InChI is InChI=1S/C14H17BrO3/c1-2-4-11(15)14(16)10-5-6-12-13(9-10)18-8-3-7-17-12/h5-6,9,11H,2-4,7-8H2,1H3. The fraction of sp³-hybridized carbons (Fsp3) is 0.500. The van der Waals surface area contributed by atoms with Crippen LogP contribution in [0.25, 0.3) is 0 Å². The zero-order valence-corrected chi connectivity index (χ0v) is 12.0. The maximum atomic E-state index is 12.2. The van der Waals surface area contributed by atoms with Gasteiger partial charge in [0.05, 0.1) is 18.0 Å². The molecule has 0 radical (unpaired) electrons. The second kappa shape index (κ2) is 6.23. The molecule has 0 aromatic heterocycles. The number of carbonyl (C=O) groups is 1. The number of hydrogen-bond acceptors (Lipinski definition) is 3. The summed E-state index contributed by atoms with van der Waals surface area (Å²) in [5, 5.41) is 0. The SMILES string of the molecule is CCCC(Br)C(=O)c1ccc2c(c1)OCCCO2. The maximum Gasteiger partial charge on any atom is 0.176 e. The van der Waals surface area contributed by atoms with Crippen LogP contribution >= 0.6 is 15.9 Å². The summed E-state index contributed by atoms with van der Waals surface area (Å²) in [5.74, 6) is 1.51. The van der Waals surface area contributed by atoms with Crippen molar-refractivity contribution in [2.75, 3.05) is 13.2 Å². The van der Waals surface area contributed by atoms with E-state index in [1.54, 1.807) is 12.1 Å². The predicted molar refractivity (Wildman–Crippen MR) is 74.0 cm³/mol. The lowest BCUT2D eigenvalue weighted by Crippen LogP contribution is -2.14. The van der Waals surface area contributed by atoms with Crippen LogP contribution in [0.1, 0.15) is 36.5 Å². The lowest BCUT2D eigenvalue weighted by atomic mass is 10.1. The van der Waals surface area contributed by atoms with Crippen molar-refractivity contribution in [3.8, 4) is 11.5 Å². The molecule has 0 spiro atoms. The van der Waals surface area contributed by atoms with Crippen molar-refractivity contribution < 1.29 is 14.3 Å². The number of halogens is 1. The molecule has 0 saturated carbocycles. The van der Waals surface area contributed by atoms with Gasteiger partial charge in [-0.05, 0) is 24.6 Å². The van der Waals surface area contributed by atoms with Gasteiger partial charge in [-0.25, -0.2) is 0 Å². The van der Waals surface area contributed by atoms with E-state index in [-0.39, 0.29) is 10.6 Å². The summed E-state index contributed by atoms with van der Waals surface area (Å²) in [5.41, 5.74) is 0.676. The fourth-order valence-electron chi connectivity index (χ4n) is 1.88. The molecule has 18 heavy (non-hydrogen) atoms. The number of rotatable bonds is 4. The van der Waals surface area contributed by atoms with Gasteiger partial charge in [0.2, 0.25) is 0 Å². The minimum Gasteiger partial charge on any atom is -0.490 e. The first-order valence-corrected chi connectivity index (χ1v) is 7.22. The second-order valence-corrected chi connectivity index (χ2v) is 5.44. The smallest absolute Gasteiger partial charge is 0.176 e. The predicted octanol–water partition coefficient (Wildman–Crippen LogP) is 3.59. The van der Waals surface area contributed by atoms with Crippen LogP contribution in [0.2, 0.25) is 0 Å². The number of Topliss-reactive ketones (excluding diaryl/α,β-unsaturated/α-hetero) is 1. The zero-order valence-electron chi connectivity index (χ0n) is 10.4. The quantitative estimate of drug-likeness (QED) is 0.629. The van der Waals surface area contributed by atoms with Crippen molar-refractivity contribution in [2.45, 2.75) is 31.0 Å². The van der Waals surface area contributed by atoms with Gasteiger partial charge >= 0.3 is 0 Å². The molecular formula is C14H17BrO3. The molecule has 0 amide bonds. The van der Waals surface area contributed by atoms with E-state index in [0.29, 0.717) is 24.5 Å². The summed E-state index contributed by atoms with van der Waals surface area (Å²) in [6, 6.07) is 5.41. The van der Waals surface area contributed by atoms with Crippen LogP contribution in [0.4, 0.5) is 0 Å². The van der Waals surface area contributed by atoms with E-state index in [1.807, 2.05) is 6.07 Å². The van der Waals surface area contributed by atoms with Crippen LogP contribution in [0, 0.1) is 0 Å². The van der Waals surface area contributed by atoms with E-state index >= 15 is 0 Å². The van der Waals surface area contributed by atoms with Crippen LogP contribution in [0.3, 0.4) is 0 Å². The Bertz CT molecular complexity index is 431. The second-order valence-electron chi connectivity index (χ2n) is 4.33. The number of fused-ring (bicyclic) bond motifs is 1. The third kappa shape index (κ3) is 3.05. The molecule has 1 atom stereocenters. The monoisotopic (exact) mass is 312 g/mol. The van der Waals surface area contributed by atoms with Gasteiger partial charge in [-0.2, -0.15) is 0 Å². The number of ketones is 1. The van der Waals surface area contributed by atoms with E-state index in [9.17, 15) is 4.79 Å². The molecule has 1 aromatic rings. The molecule has 1 heterocycles. The van der Waals surface area contributed by atoms with Gasteiger partial charge in [0, 0.05) is 12.0 Å². The summed E-state index contributed by atoms with van der Waals surface area (Å²) in [6.45, 7) is 3.37. The number of benzene rings is 1. The summed E-state index contributed by atoms with van der Waals surface area (Å²) in [6.07, 6.45) is 2.69. The molecule has 3 nitrogen and oxygen atoms in total. The van der Waals surface area contributed by atoms with Crippen LogP contribution in [-0.2, 0) is 0 Å². The van der Waals surface area contributed by atoms with E-state index in [4.69, 9.17) is 9.47 Å². The Hall–Kier alpha value is -1.03. The Kier molecular flexibility index (Phi) is 4.64. The van der Waals surface area contributed by atoms with Crippen LogP contribution in [0.5, 0.6) is 11.5 Å².